The van der Waals surface area contributed by atoms with E-state index in [1.54, 1.807) is 4.90 Å². The van der Waals surface area contributed by atoms with Crippen LogP contribution >= 0.6 is 0 Å². The van der Waals surface area contributed by atoms with Gasteiger partial charge in [-0.25, -0.2) is 0 Å². The smallest absolute Gasteiger partial charge is 0.323 e. The summed E-state index contributed by atoms with van der Waals surface area (Å²) >= 11 is 0. The van der Waals surface area contributed by atoms with E-state index in [2.05, 4.69) is 4.90 Å². The van der Waals surface area contributed by atoms with Crippen molar-refractivity contribution in [3.05, 3.63) is 0 Å². The molecule has 18 heavy (non-hydrogen) atoms. The van der Waals surface area contributed by atoms with Crippen LogP contribution < -0.4 is 0 Å². The lowest BCUT2D eigenvalue weighted by Crippen LogP contribution is -2.53. The summed E-state index contributed by atoms with van der Waals surface area (Å²) < 4.78 is 9.99. The maximum Gasteiger partial charge on any atom is 0.323 e. The van der Waals surface area contributed by atoms with Gasteiger partial charge in [0.15, 0.2) is 0 Å². The summed E-state index contributed by atoms with van der Waals surface area (Å²) in [6.45, 7) is 4.79. The molecule has 2 fully saturated rings. The van der Waals surface area contributed by atoms with Crippen LogP contribution in [0.2, 0.25) is 0 Å². The van der Waals surface area contributed by atoms with Gasteiger partial charge in [-0.3, -0.25) is 14.5 Å². The summed E-state index contributed by atoms with van der Waals surface area (Å²) in [5.41, 5.74) is 0. The first kappa shape index (κ1) is 13.3. The fourth-order valence-electron chi connectivity index (χ4n) is 2.53. The van der Waals surface area contributed by atoms with Gasteiger partial charge >= 0.3 is 5.97 Å². The molecule has 0 bridgehead atoms. The van der Waals surface area contributed by atoms with E-state index in [4.69, 9.17) is 9.47 Å². The Kier molecular flexibility index (Phi) is 4.19. The number of carbonyl (C=O) groups is 2. The molecule has 102 valence electrons. The van der Waals surface area contributed by atoms with E-state index < -0.39 is 0 Å². The molecule has 6 nitrogen and oxygen atoms in total. The van der Waals surface area contributed by atoms with Crippen LogP contribution in [0.1, 0.15) is 13.3 Å². The summed E-state index contributed by atoms with van der Waals surface area (Å²) in [7, 11) is 1.52. The van der Waals surface area contributed by atoms with Gasteiger partial charge in [-0.1, -0.05) is 0 Å². The Hall–Kier alpha value is -1.14. The van der Waals surface area contributed by atoms with Crippen molar-refractivity contribution in [1.82, 2.24) is 9.80 Å². The molecule has 2 aliphatic rings. The van der Waals surface area contributed by atoms with E-state index in [1.807, 2.05) is 6.92 Å². The first-order valence-electron chi connectivity index (χ1n) is 6.33. The van der Waals surface area contributed by atoms with Gasteiger partial charge in [-0.05, 0) is 6.92 Å². The summed E-state index contributed by atoms with van der Waals surface area (Å²) in [5.74, 6) is -0.112. The quantitative estimate of drug-likeness (QED) is 0.636. The Morgan fingerprint density at radius 3 is 2.56 bits per heavy atom. The van der Waals surface area contributed by atoms with E-state index in [-0.39, 0.29) is 30.6 Å². The van der Waals surface area contributed by atoms with Crippen LogP contribution in [0, 0.1) is 0 Å². The highest BCUT2D eigenvalue weighted by molar-refractivity contribution is 5.78. The van der Waals surface area contributed by atoms with Crippen LogP contribution in [0.5, 0.6) is 0 Å². The molecule has 2 heterocycles. The third kappa shape index (κ3) is 2.81. The molecule has 2 atom stereocenters. The minimum atomic E-state index is -0.126. The molecule has 0 aliphatic carbocycles. The lowest BCUT2D eigenvalue weighted by molar-refractivity contribution is -0.145. The van der Waals surface area contributed by atoms with Crippen molar-refractivity contribution in [2.24, 2.45) is 0 Å². The highest BCUT2D eigenvalue weighted by atomic mass is 16.6. The number of hydrogen-bond acceptors (Lipinski definition) is 5. The maximum absolute atomic E-state index is 11.6. The average Bonchev–Trinajstić information content (AvgIpc) is 2.69. The van der Waals surface area contributed by atoms with Crippen molar-refractivity contribution in [2.45, 2.75) is 25.5 Å². The van der Waals surface area contributed by atoms with Crippen molar-refractivity contribution in [1.29, 1.82) is 0 Å². The Bertz CT molecular complexity index is 326. The standard InChI is InChI=1S/C12H20N2O4/c1-9-7-10(12(16)18-9)13-3-5-14(6-4-13)11(15)8-17-2/h9-10H,3-8H2,1-2H3. The minimum absolute atomic E-state index is 0.00986. The first-order chi connectivity index (χ1) is 8.61. The lowest BCUT2D eigenvalue weighted by atomic mass is 10.1. The molecule has 0 aromatic rings. The summed E-state index contributed by atoms with van der Waals surface area (Å²) in [6, 6.07) is -0.125. The third-order valence-electron chi connectivity index (χ3n) is 3.52. The largest absolute Gasteiger partial charge is 0.461 e. The second-order valence-electron chi connectivity index (χ2n) is 4.85. The zero-order valence-electron chi connectivity index (χ0n) is 10.9. The molecule has 1 amide bonds. The first-order valence-corrected chi connectivity index (χ1v) is 6.33. The zero-order valence-corrected chi connectivity index (χ0v) is 10.9. The Morgan fingerprint density at radius 2 is 2.06 bits per heavy atom. The van der Waals surface area contributed by atoms with Crippen molar-refractivity contribution in [3.8, 4) is 0 Å². The molecule has 0 N–H and O–H groups in total. The number of nitrogens with zero attached hydrogens (tertiary/aromatic N) is 2. The number of cyclic esters (lactones) is 1. The molecule has 6 heteroatoms. The summed E-state index contributed by atoms with van der Waals surface area (Å²) in [6.07, 6.45) is 0.765. The van der Waals surface area contributed by atoms with Crippen molar-refractivity contribution >= 4 is 11.9 Å². The number of ether oxygens (including phenoxy) is 2. The zero-order chi connectivity index (χ0) is 13.1. The minimum Gasteiger partial charge on any atom is -0.461 e. The van der Waals surface area contributed by atoms with Gasteiger partial charge in [0.1, 0.15) is 18.8 Å². The fraction of sp³-hybridized carbons (Fsp3) is 0.833. The maximum atomic E-state index is 11.6. The van der Waals surface area contributed by atoms with E-state index in [0.717, 1.165) is 19.5 Å². The molecule has 0 aromatic carbocycles. The summed E-state index contributed by atoms with van der Waals surface area (Å²) in [5, 5.41) is 0. The molecule has 2 aliphatic heterocycles. The fourth-order valence-corrected chi connectivity index (χ4v) is 2.53. The van der Waals surface area contributed by atoms with E-state index in [0.29, 0.717) is 13.1 Å². The second-order valence-corrected chi connectivity index (χ2v) is 4.85. The van der Waals surface area contributed by atoms with Gasteiger partial charge in [-0.15, -0.1) is 0 Å². The molecule has 0 radical (unpaired) electrons. The van der Waals surface area contributed by atoms with Gasteiger partial charge in [0, 0.05) is 39.7 Å². The van der Waals surface area contributed by atoms with Crippen LogP contribution in [0.15, 0.2) is 0 Å². The van der Waals surface area contributed by atoms with Gasteiger partial charge < -0.3 is 14.4 Å². The topological polar surface area (TPSA) is 59.1 Å². The Labute approximate surface area is 107 Å². The SMILES string of the molecule is COCC(=O)N1CCN(C2CC(C)OC2=O)CC1. The number of amides is 1. The van der Waals surface area contributed by atoms with Crippen molar-refractivity contribution in [2.75, 3.05) is 39.9 Å². The predicted octanol–water partition coefficient (Wildman–Crippen LogP) is -0.519. The number of methoxy groups -OCH3 is 1. The third-order valence-corrected chi connectivity index (χ3v) is 3.52. The average molecular weight is 256 g/mol. The Balaban J connectivity index is 1.83. The van der Waals surface area contributed by atoms with E-state index in [1.165, 1.54) is 7.11 Å². The highest BCUT2D eigenvalue weighted by Gasteiger charge is 2.37. The van der Waals surface area contributed by atoms with Crippen LogP contribution in [-0.2, 0) is 19.1 Å². The van der Waals surface area contributed by atoms with Gasteiger partial charge in [0.05, 0.1) is 0 Å². The van der Waals surface area contributed by atoms with Crippen LogP contribution in [0.3, 0.4) is 0 Å². The molecule has 2 saturated heterocycles. The summed E-state index contributed by atoms with van der Waals surface area (Å²) in [4.78, 5) is 27.2. The molecule has 0 saturated carbocycles. The predicted molar refractivity (Wildman–Crippen MR) is 64.0 cm³/mol. The van der Waals surface area contributed by atoms with Gasteiger partial charge in [-0.2, -0.15) is 0 Å². The number of carbonyl (C=O) groups excluding carboxylic acids is 2. The number of piperazine rings is 1. The van der Waals surface area contributed by atoms with Crippen molar-refractivity contribution < 1.29 is 19.1 Å². The highest BCUT2D eigenvalue weighted by Crippen LogP contribution is 2.21. The van der Waals surface area contributed by atoms with Crippen LogP contribution in [0.4, 0.5) is 0 Å². The number of esters is 1. The molecule has 0 aromatic heterocycles. The van der Waals surface area contributed by atoms with Crippen LogP contribution in [0.25, 0.3) is 0 Å². The van der Waals surface area contributed by atoms with E-state index in [9.17, 15) is 9.59 Å². The van der Waals surface area contributed by atoms with Gasteiger partial charge in [0.2, 0.25) is 5.91 Å². The molecule has 2 unspecified atom stereocenters. The lowest BCUT2D eigenvalue weighted by Gasteiger charge is -2.36. The molecule has 2 rings (SSSR count). The van der Waals surface area contributed by atoms with Crippen LogP contribution in [-0.4, -0.2) is 73.7 Å². The number of rotatable bonds is 3. The molecule has 0 spiro atoms. The number of hydrogen-bond donors (Lipinski definition) is 0. The Morgan fingerprint density at radius 1 is 1.39 bits per heavy atom. The van der Waals surface area contributed by atoms with Crippen molar-refractivity contribution in [3.63, 3.8) is 0 Å². The molecular weight excluding hydrogens is 236 g/mol. The van der Waals surface area contributed by atoms with E-state index >= 15 is 0 Å². The monoisotopic (exact) mass is 256 g/mol. The second kappa shape index (κ2) is 5.67. The molecular formula is C12H20N2O4. The van der Waals surface area contributed by atoms with Gasteiger partial charge in [0.25, 0.3) is 0 Å². The normalized spacial score (nSPS) is 29.4.